The molecule has 16 heavy (non-hydrogen) atoms. The molecule has 0 heterocycles. The minimum absolute atomic E-state index is 0.0898. The number of ketones is 1. The molecular weight excluding hydrogens is 204 g/mol. The third kappa shape index (κ3) is 2.57. The van der Waals surface area contributed by atoms with E-state index in [1.807, 2.05) is 6.07 Å². The highest BCUT2D eigenvalue weighted by molar-refractivity contribution is 5.91. The normalized spacial score (nSPS) is 19.5. The van der Waals surface area contributed by atoms with Crippen LogP contribution in [-0.2, 0) is 9.53 Å². The van der Waals surface area contributed by atoms with Gasteiger partial charge in [0.1, 0.15) is 6.10 Å². The van der Waals surface area contributed by atoms with Crippen molar-refractivity contribution in [2.45, 2.75) is 18.9 Å². The van der Waals surface area contributed by atoms with E-state index in [0.717, 1.165) is 0 Å². The third-order valence-corrected chi connectivity index (χ3v) is 2.44. The Kier molecular flexibility index (Phi) is 3.15. The van der Waals surface area contributed by atoms with E-state index in [1.54, 1.807) is 30.3 Å². The topological polar surface area (TPSA) is 43.4 Å². The summed E-state index contributed by atoms with van der Waals surface area (Å²) in [5.74, 6) is -0.253. The lowest BCUT2D eigenvalue weighted by molar-refractivity contribution is -0.115. The van der Waals surface area contributed by atoms with Crippen molar-refractivity contribution in [3.8, 4) is 0 Å². The van der Waals surface area contributed by atoms with Crippen LogP contribution < -0.4 is 0 Å². The number of rotatable bonds is 2. The Morgan fingerprint density at radius 2 is 2.00 bits per heavy atom. The predicted octanol–water partition coefficient (Wildman–Crippen LogP) is 2.13. The van der Waals surface area contributed by atoms with Crippen molar-refractivity contribution in [3.63, 3.8) is 0 Å². The second kappa shape index (κ2) is 4.75. The first-order valence-corrected chi connectivity index (χ1v) is 5.23. The molecular formula is C13H12O3. The smallest absolute Gasteiger partial charge is 0.338 e. The fourth-order valence-corrected chi connectivity index (χ4v) is 1.56. The van der Waals surface area contributed by atoms with Gasteiger partial charge in [-0.1, -0.05) is 18.2 Å². The number of benzene rings is 1. The molecule has 0 radical (unpaired) electrons. The van der Waals surface area contributed by atoms with E-state index in [4.69, 9.17) is 4.74 Å². The highest BCUT2D eigenvalue weighted by Crippen LogP contribution is 2.13. The van der Waals surface area contributed by atoms with E-state index in [0.29, 0.717) is 18.4 Å². The molecule has 0 aromatic heterocycles. The molecule has 0 fully saturated rings. The fourth-order valence-electron chi connectivity index (χ4n) is 1.56. The van der Waals surface area contributed by atoms with Gasteiger partial charge in [0, 0.05) is 6.42 Å². The van der Waals surface area contributed by atoms with Crippen LogP contribution in [0.1, 0.15) is 23.2 Å². The highest BCUT2D eigenvalue weighted by Gasteiger charge is 2.17. The average molecular weight is 216 g/mol. The molecule has 0 spiro atoms. The maximum absolute atomic E-state index is 11.7. The molecule has 3 heteroatoms. The highest BCUT2D eigenvalue weighted by atomic mass is 16.5. The Bertz CT molecular complexity index is 420. The van der Waals surface area contributed by atoms with Gasteiger partial charge < -0.3 is 4.74 Å². The number of ether oxygens (including phenoxy) is 1. The number of carbonyl (C=O) groups excluding carboxylic acids is 2. The molecule has 0 amide bonds. The Hall–Kier alpha value is -1.90. The van der Waals surface area contributed by atoms with E-state index in [2.05, 4.69) is 0 Å². The van der Waals surface area contributed by atoms with Gasteiger partial charge in [-0.15, -0.1) is 0 Å². The first-order valence-electron chi connectivity index (χ1n) is 5.23. The lowest BCUT2D eigenvalue weighted by Gasteiger charge is -2.16. The quantitative estimate of drug-likeness (QED) is 0.711. The van der Waals surface area contributed by atoms with E-state index < -0.39 is 0 Å². The van der Waals surface area contributed by atoms with Crippen molar-refractivity contribution >= 4 is 11.8 Å². The second-order valence-corrected chi connectivity index (χ2v) is 3.67. The van der Waals surface area contributed by atoms with E-state index >= 15 is 0 Å². The van der Waals surface area contributed by atoms with Crippen LogP contribution >= 0.6 is 0 Å². The van der Waals surface area contributed by atoms with Gasteiger partial charge in [0.15, 0.2) is 5.78 Å². The summed E-state index contributed by atoms with van der Waals surface area (Å²) < 4.78 is 5.25. The van der Waals surface area contributed by atoms with E-state index in [-0.39, 0.29) is 17.9 Å². The van der Waals surface area contributed by atoms with Crippen LogP contribution in [0.3, 0.4) is 0 Å². The number of hydrogen-bond acceptors (Lipinski definition) is 3. The van der Waals surface area contributed by atoms with Crippen molar-refractivity contribution < 1.29 is 14.3 Å². The summed E-state index contributed by atoms with van der Waals surface area (Å²) in [6, 6.07) is 8.84. The van der Waals surface area contributed by atoms with Crippen LogP contribution in [0, 0.1) is 0 Å². The zero-order valence-corrected chi connectivity index (χ0v) is 8.76. The fraction of sp³-hybridized carbons (Fsp3) is 0.231. The number of esters is 1. The Morgan fingerprint density at radius 3 is 2.62 bits per heavy atom. The summed E-state index contributed by atoms with van der Waals surface area (Å²) in [5.41, 5.74) is 0.535. The van der Waals surface area contributed by atoms with Gasteiger partial charge in [-0.2, -0.15) is 0 Å². The van der Waals surface area contributed by atoms with E-state index in [9.17, 15) is 9.59 Å². The molecule has 1 aromatic carbocycles. The minimum Gasteiger partial charge on any atom is -0.455 e. The number of hydrogen-bond donors (Lipinski definition) is 0. The molecule has 1 atom stereocenters. The second-order valence-electron chi connectivity index (χ2n) is 3.67. The molecule has 0 saturated heterocycles. The molecule has 0 N–H and O–H groups in total. The maximum Gasteiger partial charge on any atom is 0.338 e. The van der Waals surface area contributed by atoms with Crippen molar-refractivity contribution in [2.24, 2.45) is 0 Å². The first-order chi connectivity index (χ1) is 7.75. The molecule has 0 aliphatic heterocycles. The van der Waals surface area contributed by atoms with Gasteiger partial charge in [-0.25, -0.2) is 4.79 Å². The zero-order chi connectivity index (χ0) is 11.4. The van der Waals surface area contributed by atoms with Crippen LogP contribution in [0.5, 0.6) is 0 Å². The molecule has 1 aliphatic rings. The monoisotopic (exact) mass is 216 g/mol. The molecule has 3 nitrogen and oxygen atoms in total. The van der Waals surface area contributed by atoms with Gasteiger partial charge in [0.05, 0.1) is 5.56 Å². The SMILES string of the molecule is O=C1C=C[C@H](OC(=O)c2ccccc2)CC1. The molecule has 0 unspecified atom stereocenters. The summed E-state index contributed by atoms with van der Waals surface area (Å²) >= 11 is 0. The Balaban J connectivity index is 1.98. The van der Waals surface area contributed by atoms with Gasteiger partial charge in [0.2, 0.25) is 0 Å². The van der Waals surface area contributed by atoms with Gasteiger partial charge in [0.25, 0.3) is 0 Å². The Morgan fingerprint density at radius 1 is 1.25 bits per heavy atom. The number of carbonyl (C=O) groups is 2. The van der Waals surface area contributed by atoms with Crippen molar-refractivity contribution in [2.75, 3.05) is 0 Å². The third-order valence-electron chi connectivity index (χ3n) is 2.44. The summed E-state index contributed by atoms with van der Waals surface area (Å²) in [6.45, 7) is 0. The van der Waals surface area contributed by atoms with Crippen LogP contribution in [0.2, 0.25) is 0 Å². The minimum atomic E-state index is -0.343. The predicted molar refractivity (Wildman–Crippen MR) is 59.0 cm³/mol. The summed E-state index contributed by atoms with van der Waals surface area (Å²) in [7, 11) is 0. The van der Waals surface area contributed by atoms with Crippen molar-refractivity contribution in [3.05, 3.63) is 48.0 Å². The largest absolute Gasteiger partial charge is 0.455 e. The molecule has 82 valence electrons. The zero-order valence-electron chi connectivity index (χ0n) is 8.76. The summed E-state index contributed by atoms with van der Waals surface area (Å²) in [6.07, 6.45) is 3.88. The molecule has 2 rings (SSSR count). The van der Waals surface area contributed by atoms with Crippen molar-refractivity contribution in [1.29, 1.82) is 0 Å². The van der Waals surface area contributed by atoms with Crippen LogP contribution in [-0.4, -0.2) is 17.9 Å². The molecule has 1 aromatic rings. The Labute approximate surface area is 93.7 Å². The van der Waals surface area contributed by atoms with Crippen LogP contribution in [0.25, 0.3) is 0 Å². The van der Waals surface area contributed by atoms with Gasteiger partial charge >= 0.3 is 5.97 Å². The lowest BCUT2D eigenvalue weighted by atomic mass is 10.0. The number of allylic oxidation sites excluding steroid dienone is 1. The first kappa shape index (κ1) is 10.6. The van der Waals surface area contributed by atoms with Crippen LogP contribution in [0.4, 0.5) is 0 Å². The van der Waals surface area contributed by atoms with E-state index in [1.165, 1.54) is 6.08 Å². The van der Waals surface area contributed by atoms with Crippen LogP contribution in [0.15, 0.2) is 42.5 Å². The molecule has 1 aliphatic carbocycles. The standard InChI is InChI=1S/C13H12O3/c14-11-6-8-12(9-7-11)16-13(15)10-4-2-1-3-5-10/h1-6,8,12H,7,9H2/t12-/m0/s1. The van der Waals surface area contributed by atoms with Crippen molar-refractivity contribution in [1.82, 2.24) is 0 Å². The van der Waals surface area contributed by atoms with Gasteiger partial charge in [-0.05, 0) is 30.7 Å². The average Bonchev–Trinajstić information content (AvgIpc) is 2.33. The van der Waals surface area contributed by atoms with Gasteiger partial charge in [-0.3, -0.25) is 4.79 Å². The molecule has 0 bridgehead atoms. The maximum atomic E-state index is 11.7. The summed E-state index contributed by atoms with van der Waals surface area (Å²) in [5, 5.41) is 0. The summed E-state index contributed by atoms with van der Waals surface area (Å²) in [4.78, 5) is 22.6. The molecule has 0 saturated carbocycles. The lowest BCUT2D eigenvalue weighted by Crippen LogP contribution is -2.20.